The Labute approximate surface area is 237 Å². The first kappa shape index (κ1) is 30.7. The topological polar surface area (TPSA) is 92.0 Å². The molecule has 0 spiro atoms. The summed E-state index contributed by atoms with van der Waals surface area (Å²) >= 11 is 0. The maximum absolute atomic E-state index is 13.8. The SMILES string of the molecule is CC1CC(C)C(CNC(=O)C2CC(C3CCCC(CN(C)CCN(C)C)C3)NC3C2CNN3C(C)C)C(=O)N1. The number of fused-ring (bicyclic) bond motifs is 1. The molecule has 1 aliphatic carbocycles. The third kappa shape index (κ3) is 7.73. The summed E-state index contributed by atoms with van der Waals surface area (Å²) in [6.45, 7) is 13.3. The zero-order valence-corrected chi connectivity index (χ0v) is 25.7. The highest BCUT2D eigenvalue weighted by Gasteiger charge is 2.49. The summed E-state index contributed by atoms with van der Waals surface area (Å²) in [6, 6.07) is 0.910. The summed E-state index contributed by atoms with van der Waals surface area (Å²) in [5.41, 5.74) is 3.60. The molecule has 0 aromatic heterocycles. The smallest absolute Gasteiger partial charge is 0.225 e. The predicted molar refractivity (Wildman–Crippen MR) is 157 cm³/mol. The van der Waals surface area contributed by atoms with E-state index in [1.807, 2.05) is 0 Å². The molecule has 9 atom stereocenters. The van der Waals surface area contributed by atoms with Crippen molar-refractivity contribution in [3.05, 3.63) is 0 Å². The van der Waals surface area contributed by atoms with E-state index in [2.05, 4.69) is 85.0 Å². The summed E-state index contributed by atoms with van der Waals surface area (Å²) in [7, 11) is 6.54. The molecule has 4 rings (SSSR count). The monoisotopic (exact) mass is 547 g/mol. The first-order chi connectivity index (χ1) is 18.5. The second kappa shape index (κ2) is 13.6. The average molecular weight is 548 g/mol. The molecule has 4 N–H and O–H groups in total. The standard InChI is InChI=1S/C30H57N7O2/c1-19(2)37-28-26(17-32-37)24(29(38)31-16-25-20(3)13-21(4)33-30(25)39)15-27(34-28)23-10-8-9-22(14-23)18-36(7)12-11-35(5)6/h19-28,32,34H,8-18H2,1-7H3,(H,31,38)(H,33,39). The van der Waals surface area contributed by atoms with Crippen LogP contribution in [0.2, 0.25) is 0 Å². The van der Waals surface area contributed by atoms with Crippen LogP contribution in [-0.2, 0) is 9.59 Å². The maximum Gasteiger partial charge on any atom is 0.225 e. The number of carbonyl (C=O) groups is 2. The van der Waals surface area contributed by atoms with Crippen LogP contribution >= 0.6 is 0 Å². The maximum atomic E-state index is 13.8. The van der Waals surface area contributed by atoms with Gasteiger partial charge in [-0.15, -0.1) is 0 Å². The fraction of sp³-hybridized carbons (Fsp3) is 0.933. The highest BCUT2D eigenvalue weighted by atomic mass is 16.2. The number of hydrogen-bond donors (Lipinski definition) is 4. The van der Waals surface area contributed by atoms with Gasteiger partial charge >= 0.3 is 0 Å². The van der Waals surface area contributed by atoms with Gasteiger partial charge in [-0.1, -0.05) is 13.3 Å². The molecule has 0 radical (unpaired) electrons. The molecule has 224 valence electrons. The van der Waals surface area contributed by atoms with Gasteiger partial charge in [0.15, 0.2) is 0 Å². The Morgan fingerprint density at radius 2 is 1.87 bits per heavy atom. The number of hydrogen-bond acceptors (Lipinski definition) is 7. The minimum Gasteiger partial charge on any atom is -0.355 e. The van der Waals surface area contributed by atoms with Crippen molar-refractivity contribution in [3.8, 4) is 0 Å². The highest BCUT2D eigenvalue weighted by molar-refractivity contribution is 5.83. The molecule has 0 aromatic carbocycles. The van der Waals surface area contributed by atoms with Gasteiger partial charge in [0.05, 0.1) is 12.1 Å². The minimum atomic E-state index is -0.143. The highest BCUT2D eigenvalue weighted by Crippen LogP contribution is 2.40. The largest absolute Gasteiger partial charge is 0.355 e. The number of nitrogens with zero attached hydrogens (tertiary/aromatic N) is 3. The summed E-state index contributed by atoms with van der Waals surface area (Å²) in [5.74, 6) is 1.87. The Bertz CT molecular complexity index is 823. The molecule has 3 saturated heterocycles. The molecule has 39 heavy (non-hydrogen) atoms. The van der Waals surface area contributed by atoms with Gasteiger partial charge in [0.1, 0.15) is 0 Å². The van der Waals surface area contributed by atoms with E-state index in [9.17, 15) is 9.59 Å². The fourth-order valence-electron chi connectivity index (χ4n) is 7.85. The Hall–Kier alpha value is -1.26. The minimum absolute atomic E-state index is 0.0403. The molecule has 3 aliphatic heterocycles. The van der Waals surface area contributed by atoms with Crippen LogP contribution in [0.4, 0.5) is 0 Å². The van der Waals surface area contributed by atoms with E-state index in [4.69, 9.17) is 0 Å². The van der Waals surface area contributed by atoms with Crippen LogP contribution in [0.1, 0.15) is 66.2 Å². The van der Waals surface area contributed by atoms with Gasteiger partial charge in [-0.25, -0.2) is 5.01 Å². The summed E-state index contributed by atoms with van der Waals surface area (Å²) in [6.07, 6.45) is 7.09. The molecule has 4 fully saturated rings. The first-order valence-corrected chi connectivity index (χ1v) is 15.7. The van der Waals surface area contributed by atoms with E-state index in [1.54, 1.807) is 0 Å². The Morgan fingerprint density at radius 1 is 1.10 bits per heavy atom. The number of nitrogens with one attached hydrogen (secondary N) is 4. The van der Waals surface area contributed by atoms with Gasteiger partial charge in [-0.3, -0.25) is 20.3 Å². The van der Waals surface area contributed by atoms with Crippen molar-refractivity contribution in [2.45, 2.75) is 90.5 Å². The van der Waals surface area contributed by atoms with E-state index in [-0.39, 0.29) is 47.7 Å². The van der Waals surface area contributed by atoms with Crippen LogP contribution in [0.3, 0.4) is 0 Å². The zero-order valence-electron chi connectivity index (χ0n) is 25.7. The number of piperidine rings is 2. The van der Waals surface area contributed by atoms with E-state index in [0.717, 1.165) is 44.9 Å². The van der Waals surface area contributed by atoms with Crippen LogP contribution in [0.15, 0.2) is 0 Å². The lowest BCUT2D eigenvalue weighted by atomic mass is 9.71. The quantitative estimate of drug-likeness (QED) is 0.331. The molecule has 9 nitrogen and oxygen atoms in total. The lowest BCUT2D eigenvalue weighted by Gasteiger charge is -2.46. The molecule has 0 bridgehead atoms. The Morgan fingerprint density at radius 3 is 2.56 bits per heavy atom. The van der Waals surface area contributed by atoms with E-state index < -0.39 is 0 Å². The predicted octanol–water partition coefficient (Wildman–Crippen LogP) is 1.71. The van der Waals surface area contributed by atoms with Crippen LogP contribution < -0.4 is 21.4 Å². The first-order valence-electron chi connectivity index (χ1n) is 15.7. The number of likely N-dealkylation sites (N-methyl/N-ethyl adjacent to an activating group) is 2. The molecule has 0 aromatic rings. The summed E-state index contributed by atoms with van der Waals surface area (Å²) in [5, 5.41) is 12.7. The van der Waals surface area contributed by atoms with Crippen molar-refractivity contribution >= 4 is 11.8 Å². The molecule has 2 amide bonds. The molecule has 9 heteroatoms. The van der Waals surface area contributed by atoms with Gasteiger partial charge < -0.3 is 20.4 Å². The Kier molecular flexibility index (Phi) is 10.7. The Balaban J connectivity index is 1.41. The molecular formula is C30H57N7O2. The normalized spacial score (nSPS) is 37.8. The second-order valence-corrected chi connectivity index (χ2v) is 13.9. The van der Waals surface area contributed by atoms with Gasteiger partial charge in [0, 0.05) is 62.7 Å². The van der Waals surface area contributed by atoms with Crippen LogP contribution in [0.5, 0.6) is 0 Å². The van der Waals surface area contributed by atoms with Crippen LogP contribution in [0, 0.1) is 35.5 Å². The van der Waals surface area contributed by atoms with Crippen molar-refractivity contribution in [2.24, 2.45) is 35.5 Å². The number of hydrazine groups is 1. The molecule has 3 heterocycles. The molecular weight excluding hydrogens is 490 g/mol. The van der Waals surface area contributed by atoms with Crippen LogP contribution in [-0.4, -0.2) is 105 Å². The van der Waals surface area contributed by atoms with Crippen molar-refractivity contribution < 1.29 is 9.59 Å². The van der Waals surface area contributed by atoms with Gasteiger partial charge in [0.25, 0.3) is 0 Å². The van der Waals surface area contributed by atoms with Gasteiger partial charge in [-0.2, -0.15) is 0 Å². The third-order valence-corrected chi connectivity index (χ3v) is 10.0. The van der Waals surface area contributed by atoms with Crippen LogP contribution in [0.25, 0.3) is 0 Å². The fourth-order valence-corrected chi connectivity index (χ4v) is 7.85. The van der Waals surface area contributed by atoms with Crippen molar-refractivity contribution in [1.29, 1.82) is 0 Å². The van der Waals surface area contributed by atoms with Gasteiger partial charge in [-0.05, 0) is 91.8 Å². The molecule has 1 saturated carbocycles. The van der Waals surface area contributed by atoms with E-state index in [0.29, 0.717) is 24.5 Å². The molecule has 9 unspecified atom stereocenters. The van der Waals surface area contributed by atoms with E-state index in [1.165, 1.54) is 25.7 Å². The lowest BCUT2D eigenvalue weighted by molar-refractivity contribution is -0.132. The zero-order chi connectivity index (χ0) is 28.3. The second-order valence-electron chi connectivity index (χ2n) is 13.9. The third-order valence-electron chi connectivity index (χ3n) is 10.0. The van der Waals surface area contributed by atoms with Crippen molar-refractivity contribution in [2.75, 3.05) is 53.9 Å². The van der Waals surface area contributed by atoms with Crippen molar-refractivity contribution in [3.63, 3.8) is 0 Å². The average Bonchev–Trinajstić information content (AvgIpc) is 3.31. The summed E-state index contributed by atoms with van der Waals surface area (Å²) in [4.78, 5) is 31.2. The van der Waals surface area contributed by atoms with E-state index >= 15 is 0 Å². The van der Waals surface area contributed by atoms with Crippen molar-refractivity contribution in [1.82, 2.24) is 36.2 Å². The number of amides is 2. The van der Waals surface area contributed by atoms with Gasteiger partial charge in [0.2, 0.25) is 11.8 Å². The summed E-state index contributed by atoms with van der Waals surface area (Å²) < 4.78 is 0. The number of carbonyl (C=O) groups excluding carboxylic acids is 2. The number of rotatable bonds is 10. The lowest BCUT2D eigenvalue weighted by Crippen LogP contribution is -2.62. The molecule has 4 aliphatic rings.